The van der Waals surface area contributed by atoms with Crippen LogP contribution in [-0.2, 0) is 14.3 Å². The van der Waals surface area contributed by atoms with E-state index in [0.717, 1.165) is 38.5 Å². The monoisotopic (exact) mass is 1020 g/mol. The quantitative estimate of drug-likeness (QED) is 0.0417. The Balaban J connectivity index is 3.34. The number of aliphatic hydroxyl groups excluding tert-OH is 2. The summed E-state index contributed by atoms with van der Waals surface area (Å²) >= 11 is 0. The van der Waals surface area contributed by atoms with E-state index in [1.165, 1.54) is 315 Å². The molecule has 0 aliphatic heterocycles. The molecule has 0 aliphatic carbocycles. The SMILES string of the molecule is CCCCCCCCCCCCCCCCCCCC(O)C(CO)NC(=O)CCCCCCCCCCCCCCCCCCCCCCCCCCCOC(=O)CCCCCCCCCCCCCCC. The fourth-order valence-electron chi connectivity index (χ4n) is 10.8. The molecule has 0 heterocycles. The van der Waals surface area contributed by atoms with Crippen molar-refractivity contribution in [2.24, 2.45) is 0 Å². The molecule has 0 aliphatic rings. The minimum absolute atomic E-state index is 0.0191. The molecule has 2 atom stereocenters. The molecule has 0 rings (SSSR count). The highest BCUT2D eigenvalue weighted by Crippen LogP contribution is 2.19. The van der Waals surface area contributed by atoms with E-state index >= 15 is 0 Å². The van der Waals surface area contributed by atoms with E-state index in [4.69, 9.17) is 4.74 Å². The molecule has 0 aromatic heterocycles. The van der Waals surface area contributed by atoms with Crippen LogP contribution in [-0.4, -0.2) is 47.4 Å². The van der Waals surface area contributed by atoms with Gasteiger partial charge in [0, 0.05) is 12.8 Å². The van der Waals surface area contributed by atoms with Gasteiger partial charge in [0.2, 0.25) is 5.91 Å². The first-order chi connectivity index (χ1) is 35.5. The molecule has 0 radical (unpaired) electrons. The van der Waals surface area contributed by atoms with Crippen LogP contribution in [0.25, 0.3) is 0 Å². The molecule has 0 spiro atoms. The van der Waals surface area contributed by atoms with E-state index in [1.807, 2.05) is 0 Å². The van der Waals surface area contributed by atoms with Gasteiger partial charge in [0.25, 0.3) is 0 Å². The second kappa shape index (κ2) is 62.4. The van der Waals surface area contributed by atoms with Gasteiger partial charge in [-0.25, -0.2) is 0 Å². The van der Waals surface area contributed by atoms with Crippen LogP contribution in [0.4, 0.5) is 0 Å². The molecular weight excluding hydrogens is 887 g/mol. The number of ether oxygens (including phenoxy) is 1. The number of nitrogens with one attached hydrogen (secondary N) is 1. The van der Waals surface area contributed by atoms with Crippen LogP contribution in [0.15, 0.2) is 0 Å². The molecule has 0 aromatic rings. The van der Waals surface area contributed by atoms with Crippen molar-refractivity contribution in [1.29, 1.82) is 0 Å². The fourth-order valence-corrected chi connectivity index (χ4v) is 10.8. The van der Waals surface area contributed by atoms with Crippen molar-refractivity contribution >= 4 is 11.9 Å². The van der Waals surface area contributed by atoms with Gasteiger partial charge in [0.1, 0.15) is 0 Å². The van der Waals surface area contributed by atoms with Gasteiger partial charge >= 0.3 is 5.97 Å². The lowest BCUT2D eigenvalue weighted by atomic mass is 10.0. The summed E-state index contributed by atoms with van der Waals surface area (Å²) in [6.45, 7) is 4.99. The average Bonchev–Trinajstić information content (AvgIpc) is 3.38. The number of rotatable bonds is 63. The minimum Gasteiger partial charge on any atom is -0.466 e. The van der Waals surface area contributed by atoms with E-state index in [-0.39, 0.29) is 18.5 Å². The first kappa shape index (κ1) is 70.9. The van der Waals surface area contributed by atoms with Crippen LogP contribution in [0.1, 0.15) is 386 Å². The average molecular weight is 1020 g/mol. The Morgan fingerprint density at radius 1 is 0.333 bits per heavy atom. The van der Waals surface area contributed by atoms with Crippen LogP contribution < -0.4 is 5.32 Å². The maximum atomic E-state index is 12.5. The first-order valence-corrected chi connectivity index (χ1v) is 33.3. The van der Waals surface area contributed by atoms with Crippen molar-refractivity contribution < 1.29 is 24.5 Å². The highest BCUT2D eigenvalue weighted by molar-refractivity contribution is 5.76. The minimum atomic E-state index is -0.662. The maximum absolute atomic E-state index is 12.5. The summed E-state index contributed by atoms with van der Waals surface area (Å²) in [5.74, 6) is -0.00997. The summed E-state index contributed by atoms with van der Waals surface area (Å²) in [4.78, 5) is 24.6. The second-order valence-corrected chi connectivity index (χ2v) is 23.2. The number of carbonyl (C=O) groups is 2. The number of hydrogen-bond acceptors (Lipinski definition) is 5. The van der Waals surface area contributed by atoms with Gasteiger partial charge in [-0.3, -0.25) is 9.59 Å². The molecule has 72 heavy (non-hydrogen) atoms. The van der Waals surface area contributed by atoms with Crippen LogP contribution in [0.5, 0.6) is 0 Å². The molecule has 0 fully saturated rings. The standard InChI is InChI=1S/C66H131NO5/c1-3-5-7-9-11-13-15-17-18-28-31-35-38-42-46-50-54-58-64(69)63(62-68)67-65(70)59-55-51-47-43-39-36-32-29-26-24-22-20-19-21-23-25-27-30-33-37-41-45-49-53-57-61-72-66(71)60-56-52-48-44-40-34-16-14-12-10-8-6-4-2/h63-64,68-69H,3-62H2,1-2H3,(H,67,70). The van der Waals surface area contributed by atoms with Gasteiger partial charge in [0.05, 0.1) is 25.4 Å². The molecule has 3 N–H and O–H groups in total. The van der Waals surface area contributed by atoms with Crippen molar-refractivity contribution in [1.82, 2.24) is 5.32 Å². The lowest BCUT2D eigenvalue weighted by molar-refractivity contribution is -0.143. The zero-order valence-electron chi connectivity index (χ0n) is 49.2. The predicted molar refractivity (Wildman–Crippen MR) is 315 cm³/mol. The third kappa shape index (κ3) is 58.1. The summed E-state index contributed by atoms with van der Waals surface area (Å²) in [7, 11) is 0. The van der Waals surface area contributed by atoms with E-state index in [1.54, 1.807) is 0 Å². The van der Waals surface area contributed by atoms with Gasteiger partial charge in [-0.15, -0.1) is 0 Å². The Bertz CT molecular complexity index is 1040. The van der Waals surface area contributed by atoms with E-state index in [0.29, 0.717) is 25.9 Å². The zero-order chi connectivity index (χ0) is 52.2. The molecule has 0 aromatic carbocycles. The van der Waals surface area contributed by atoms with Gasteiger partial charge in [0.15, 0.2) is 0 Å². The maximum Gasteiger partial charge on any atom is 0.305 e. The highest BCUT2D eigenvalue weighted by atomic mass is 16.5. The van der Waals surface area contributed by atoms with Crippen molar-refractivity contribution in [3.63, 3.8) is 0 Å². The third-order valence-corrected chi connectivity index (χ3v) is 15.9. The number of amides is 1. The predicted octanol–water partition coefficient (Wildman–Crippen LogP) is 21.0. The van der Waals surface area contributed by atoms with Crippen LogP contribution >= 0.6 is 0 Å². The third-order valence-electron chi connectivity index (χ3n) is 15.9. The number of carbonyl (C=O) groups excluding carboxylic acids is 2. The molecule has 430 valence electrons. The molecule has 0 saturated heterocycles. The largest absolute Gasteiger partial charge is 0.466 e. The summed E-state index contributed by atoms with van der Waals surface area (Å²) in [6.07, 6.45) is 74.2. The van der Waals surface area contributed by atoms with E-state index < -0.39 is 12.1 Å². The Morgan fingerprint density at radius 3 is 0.847 bits per heavy atom. The zero-order valence-corrected chi connectivity index (χ0v) is 49.2. The molecule has 0 saturated carbocycles. The lowest BCUT2D eigenvalue weighted by Gasteiger charge is -2.22. The van der Waals surface area contributed by atoms with Crippen molar-refractivity contribution in [3.8, 4) is 0 Å². The normalized spacial score (nSPS) is 12.4. The Labute approximate surface area is 451 Å². The van der Waals surface area contributed by atoms with Gasteiger partial charge in [-0.1, -0.05) is 348 Å². The summed E-state index contributed by atoms with van der Waals surface area (Å²) in [5.41, 5.74) is 0. The summed E-state index contributed by atoms with van der Waals surface area (Å²) in [5, 5.41) is 23.4. The smallest absolute Gasteiger partial charge is 0.305 e. The highest BCUT2D eigenvalue weighted by Gasteiger charge is 2.20. The molecule has 6 heteroatoms. The lowest BCUT2D eigenvalue weighted by Crippen LogP contribution is -2.45. The molecule has 1 amide bonds. The van der Waals surface area contributed by atoms with Crippen molar-refractivity contribution in [2.75, 3.05) is 13.2 Å². The summed E-state index contributed by atoms with van der Waals surface area (Å²) < 4.78 is 5.49. The van der Waals surface area contributed by atoms with Gasteiger partial charge in [-0.05, 0) is 25.7 Å². The van der Waals surface area contributed by atoms with E-state index in [2.05, 4.69) is 19.2 Å². The summed E-state index contributed by atoms with van der Waals surface area (Å²) in [6, 6.07) is -0.539. The Kier molecular flexibility index (Phi) is 61.4. The number of esters is 1. The van der Waals surface area contributed by atoms with Crippen LogP contribution in [0.2, 0.25) is 0 Å². The number of unbranched alkanes of at least 4 members (excludes halogenated alkanes) is 52. The van der Waals surface area contributed by atoms with Gasteiger partial charge < -0.3 is 20.3 Å². The molecular formula is C66H131NO5. The fraction of sp³-hybridized carbons (Fsp3) is 0.970. The second-order valence-electron chi connectivity index (χ2n) is 23.2. The molecule has 0 bridgehead atoms. The Morgan fingerprint density at radius 2 is 0.569 bits per heavy atom. The van der Waals surface area contributed by atoms with Crippen LogP contribution in [0.3, 0.4) is 0 Å². The van der Waals surface area contributed by atoms with E-state index in [9.17, 15) is 19.8 Å². The van der Waals surface area contributed by atoms with Crippen molar-refractivity contribution in [3.05, 3.63) is 0 Å². The first-order valence-electron chi connectivity index (χ1n) is 33.3. The Hall–Kier alpha value is -1.14. The van der Waals surface area contributed by atoms with Gasteiger partial charge in [-0.2, -0.15) is 0 Å². The molecule has 2 unspecified atom stereocenters. The molecule has 6 nitrogen and oxygen atoms in total. The number of hydrogen-bond donors (Lipinski definition) is 3. The number of aliphatic hydroxyl groups is 2. The van der Waals surface area contributed by atoms with Crippen LogP contribution in [0, 0.1) is 0 Å². The van der Waals surface area contributed by atoms with Crippen molar-refractivity contribution in [2.45, 2.75) is 398 Å². The topological polar surface area (TPSA) is 95.9 Å².